The molecule has 74 valence electrons. The Morgan fingerprint density at radius 1 is 1.54 bits per heavy atom. The first kappa shape index (κ1) is 10.3. The molecule has 4 nitrogen and oxygen atoms in total. The number of halogens is 1. The fourth-order valence-corrected chi connectivity index (χ4v) is 1.06. The SMILES string of the molecule is CCCN(C)c1nnc(C(C)Cl)o1. The van der Waals surface area contributed by atoms with Gasteiger partial charge in [0.05, 0.1) is 0 Å². The van der Waals surface area contributed by atoms with Gasteiger partial charge < -0.3 is 9.32 Å². The molecule has 13 heavy (non-hydrogen) atoms. The molecule has 5 heteroatoms. The van der Waals surface area contributed by atoms with Crippen LogP contribution in [0.5, 0.6) is 0 Å². The summed E-state index contributed by atoms with van der Waals surface area (Å²) >= 11 is 5.78. The monoisotopic (exact) mass is 203 g/mol. The molecular weight excluding hydrogens is 190 g/mol. The Morgan fingerprint density at radius 3 is 2.69 bits per heavy atom. The number of aromatic nitrogens is 2. The van der Waals surface area contributed by atoms with E-state index in [9.17, 15) is 0 Å². The van der Waals surface area contributed by atoms with E-state index in [1.54, 1.807) is 6.92 Å². The molecule has 0 N–H and O–H groups in total. The number of hydrogen-bond acceptors (Lipinski definition) is 4. The van der Waals surface area contributed by atoms with Crippen molar-refractivity contribution in [2.75, 3.05) is 18.5 Å². The number of anilines is 1. The summed E-state index contributed by atoms with van der Waals surface area (Å²) in [6, 6.07) is 0.532. The molecule has 0 aromatic carbocycles. The average Bonchev–Trinajstić information content (AvgIpc) is 2.52. The third-order valence-electron chi connectivity index (χ3n) is 1.66. The summed E-state index contributed by atoms with van der Waals surface area (Å²) in [5.41, 5.74) is 0. The van der Waals surface area contributed by atoms with Gasteiger partial charge in [0.1, 0.15) is 5.38 Å². The fourth-order valence-electron chi connectivity index (χ4n) is 0.972. The lowest BCUT2D eigenvalue weighted by atomic mass is 10.4. The lowest BCUT2D eigenvalue weighted by Gasteiger charge is -2.11. The Kier molecular flexibility index (Phi) is 3.54. The zero-order chi connectivity index (χ0) is 9.84. The number of hydrogen-bond donors (Lipinski definition) is 0. The highest BCUT2D eigenvalue weighted by atomic mass is 35.5. The van der Waals surface area contributed by atoms with Gasteiger partial charge in [0.2, 0.25) is 5.89 Å². The normalized spacial score (nSPS) is 12.9. The first-order chi connectivity index (χ1) is 6.15. The molecule has 0 spiro atoms. The van der Waals surface area contributed by atoms with Gasteiger partial charge in [-0.3, -0.25) is 0 Å². The van der Waals surface area contributed by atoms with Crippen molar-refractivity contribution in [1.82, 2.24) is 10.2 Å². The van der Waals surface area contributed by atoms with Crippen molar-refractivity contribution in [2.45, 2.75) is 25.6 Å². The molecule has 1 atom stereocenters. The first-order valence-electron chi connectivity index (χ1n) is 4.33. The van der Waals surface area contributed by atoms with E-state index in [4.69, 9.17) is 16.0 Å². The smallest absolute Gasteiger partial charge is 0.317 e. The molecule has 0 fully saturated rings. The highest BCUT2D eigenvalue weighted by Crippen LogP contribution is 2.20. The van der Waals surface area contributed by atoms with Gasteiger partial charge in [0, 0.05) is 13.6 Å². The van der Waals surface area contributed by atoms with Crippen LogP contribution in [-0.2, 0) is 0 Å². The van der Waals surface area contributed by atoms with Crippen molar-refractivity contribution in [3.8, 4) is 0 Å². The molecule has 0 amide bonds. The summed E-state index contributed by atoms with van der Waals surface area (Å²) in [6.45, 7) is 4.80. The molecular formula is C8H14ClN3O. The van der Waals surface area contributed by atoms with Gasteiger partial charge >= 0.3 is 6.01 Å². The van der Waals surface area contributed by atoms with Crippen LogP contribution in [0.25, 0.3) is 0 Å². The van der Waals surface area contributed by atoms with Gasteiger partial charge in [0.15, 0.2) is 0 Å². The first-order valence-corrected chi connectivity index (χ1v) is 4.77. The van der Waals surface area contributed by atoms with Crippen molar-refractivity contribution >= 4 is 17.6 Å². The van der Waals surface area contributed by atoms with E-state index >= 15 is 0 Å². The largest absolute Gasteiger partial charge is 0.406 e. The molecule has 0 radical (unpaired) electrons. The van der Waals surface area contributed by atoms with Crippen LogP contribution < -0.4 is 4.90 Å². The molecule has 0 saturated carbocycles. The summed E-state index contributed by atoms with van der Waals surface area (Å²) < 4.78 is 5.33. The Morgan fingerprint density at radius 2 is 2.23 bits per heavy atom. The number of nitrogens with zero attached hydrogens (tertiary/aromatic N) is 3. The predicted molar refractivity (Wildman–Crippen MR) is 52.1 cm³/mol. The van der Waals surface area contributed by atoms with Crippen molar-refractivity contribution in [3.63, 3.8) is 0 Å². The maximum atomic E-state index is 5.78. The minimum Gasteiger partial charge on any atom is -0.406 e. The third kappa shape index (κ3) is 2.59. The number of alkyl halides is 1. The second-order valence-corrected chi connectivity index (χ2v) is 3.62. The molecule has 1 aromatic heterocycles. The zero-order valence-electron chi connectivity index (χ0n) is 8.12. The lowest BCUT2D eigenvalue weighted by molar-refractivity contribution is 0.489. The molecule has 1 heterocycles. The van der Waals surface area contributed by atoms with E-state index in [1.807, 2.05) is 11.9 Å². The summed E-state index contributed by atoms with van der Waals surface area (Å²) in [4.78, 5) is 1.91. The molecule has 1 unspecified atom stereocenters. The van der Waals surface area contributed by atoms with Gasteiger partial charge in [-0.25, -0.2) is 0 Å². The maximum absolute atomic E-state index is 5.78. The van der Waals surface area contributed by atoms with Crippen LogP contribution >= 0.6 is 11.6 Å². The van der Waals surface area contributed by atoms with Crippen LogP contribution in [0.15, 0.2) is 4.42 Å². The standard InChI is InChI=1S/C8H14ClN3O/c1-4-5-12(3)8-11-10-7(13-8)6(2)9/h6H,4-5H2,1-3H3. The molecule has 0 aliphatic rings. The van der Waals surface area contributed by atoms with E-state index in [0.717, 1.165) is 13.0 Å². The maximum Gasteiger partial charge on any atom is 0.317 e. The minimum absolute atomic E-state index is 0.226. The lowest BCUT2D eigenvalue weighted by Crippen LogP contribution is -2.17. The van der Waals surface area contributed by atoms with Crippen molar-refractivity contribution in [2.24, 2.45) is 0 Å². The zero-order valence-corrected chi connectivity index (χ0v) is 8.88. The molecule has 1 rings (SSSR count). The van der Waals surface area contributed by atoms with Crippen molar-refractivity contribution in [3.05, 3.63) is 5.89 Å². The van der Waals surface area contributed by atoms with Crippen LogP contribution in [0, 0.1) is 0 Å². The Balaban J connectivity index is 2.67. The molecule has 0 aliphatic heterocycles. The van der Waals surface area contributed by atoms with Crippen LogP contribution in [0.3, 0.4) is 0 Å². The average molecular weight is 204 g/mol. The van der Waals surface area contributed by atoms with E-state index in [2.05, 4.69) is 17.1 Å². The van der Waals surface area contributed by atoms with E-state index in [0.29, 0.717) is 11.9 Å². The third-order valence-corrected chi connectivity index (χ3v) is 1.84. The molecule has 1 aromatic rings. The van der Waals surface area contributed by atoms with Gasteiger partial charge in [-0.1, -0.05) is 12.0 Å². The van der Waals surface area contributed by atoms with E-state index in [-0.39, 0.29) is 5.38 Å². The highest BCUT2D eigenvalue weighted by Gasteiger charge is 2.13. The van der Waals surface area contributed by atoms with Crippen LogP contribution in [0.1, 0.15) is 31.5 Å². The second kappa shape index (κ2) is 4.46. The van der Waals surface area contributed by atoms with Gasteiger partial charge in [0.25, 0.3) is 0 Å². The molecule has 0 bridgehead atoms. The Hall–Kier alpha value is -0.770. The Bertz CT molecular complexity index is 262. The second-order valence-electron chi connectivity index (χ2n) is 2.96. The predicted octanol–water partition coefficient (Wildman–Crippen LogP) is 2.22. The summed E-state index contributed by atoms with van der Waals surface area (Å²) in [7, 11) is 1.92. The van der Waals surface area contributed by atoms with Gasteiger partial charge in [-0.2, -0.15) is 0 Å². The van der Waals surface area contributed by atoms with Crippen LogP contribution in [0.4, 0.5) is 6.01 Å². The number of rotatable bonds is 4. The van der Waals surface area contributed by atoms with Gasteiger partial charge in [-0.15, -0.1) is 16.7 Å². The van der Waals surface area contributed by atoms with Crippen LogP contribution in [0.2, 0.25) is 0 Å². The van der Waals surface area contributed by atoms with Crippen molar-refractivity contribution < 1.29 is 4.42 Å². The van der Waals surface area contributed by atoms with Crippen molar-refractivity contribution in [1.29, 1.82) is 0 Å². The van der Waals surface area contributed by atoms with Crippen LogP contribution in [-0.4, -0.2) is 23.8 Å². The molecule has 0 saturated heterocycles. The van der Waals surface area contributed by atoms with E-state index < -0.39 is 0 Å². The summed E-state index contributed by atoms with van der Waals surface area (Å²) in [5.74, 6) is 0.472. The minimum atomic E-state index is -0.226. The Labute approximate surface area is 82.9 Å². The summed E-state index contributed by atoms with van der Waals surface area (Å²) in [6.07, 6.45) is 1.05. The topological polar surface area (TPSA) is 42.2 Å². The highest BCUT2D eigenvalue weighted by molar-refractivity contribution is 6.20. The van der Waals surface area contributed by atoms with Gasteiger partial charge in [-0.05, 0) is 13.3 Å². The quantitative estimate of drug-likeness (QED) is 0.704. The fraction of sp³-hybridized carbons (Fsp3) is 0.750. The van der Waals surface area contributed by atoms with E-state index in [1.165, 1.54) is 0 Å². The molecule has 0 aliphatic carbocycles. The summed E-state index contributed by atoms with van der Waals surface area (Å²) in [5, 5.41) is 7.48.